The Morgan fingerprint density at radius 2 is 2.27 bits per heavy atom. The van der Waals surface area contributed by atoms with Crippen LogP contribution in [0.3, 0.4) is 0 Å². The summed E-state index contributed by atoms with van der Waals surface area (Å²) >= 11 is 3.36. The van der Waals surface area contributed by atoms with E-state index >= 15 is 0 Å². The maximum absolute atomic E-state index is 8.47. The van der Waals surface area contributed by atoms with E-state index in [-0.39, 0.29) is 0 Å². The van der Waals surface area contributed by atoms with Crippen molar-refractivity contribution in [2.75, 3.05) is 0 Å². The molecule has 0 aromatic heterocycles. The van der Waals surface area contributed by atoms with Gasteiger partial charge in [0.25, 0.3) is 0 Å². The van der Waals surface area contributed by atoms with Gasteiger partial charge in [-0.1, -0.05) is 22.0 Å². The number of nitrogens with one attached hydrogen (secondary N) is 1. The zero-order chi connectivity index (χ0) is 8.27. The lowest BCUT2D eigenvalue weighted by Crippen LogP contribution is -2.07. The number of hydrogen-bond donors (Lipinski definition) is 2. The zero-order valence-electron chi connectivity index (χ0n) is 6.26. The summed E-state index contributed by atoms with van der Waals surface area (Å²) < 4.78 is 1.04. The van der Waals surface area contributed by atoms with Gasteiger partial charge in [0.15, 0.2) is 0 Å². The van der Waals surface area contributed by atoms with Crippen LogP contribution < -0.4 is 5.48 Å². The first-order valence-electron chi connectivity index (χ1n) is 3.36. The Balaban J connectivity index is 2.93. The molecule has 60 valence electrons. The fraction of sp³-hybridized carbons (Fsp3) is 0.250. The van der Waals surface area contributed by atoms with E-state index < -0.39 is 0 Å². The van der Waals surface area contributed by atoms with Crippen molar-refractivity contribution in [3.63, 3.8) is 0 Å². The van der Waals surface area contributed by atoms with E-state index in [1.54, 1.807) is 0 Å². The molecule has 0 heterocycles. The smallest absolute Gasteiger partial charge is 0.0461 e. The lowest BCUT2D eigenvalue weighted by atomic mass is 10.1. The average molecular weight is 216 g/mol. The van der Waals surface area contributed by atoms with E-state index in [1.807, 2.05) is 25.1 Å². The van der Waals surface area contributed by atoms with Crippen molar-refractivity contribution >= 4 is 15.9 Å². The van der Waals surface area contributed by atoms with Crippen molar-refractivity contribution in [1.29, 1.82) is 0 Å². The zero-order valence-corrected chi connectivity index (χ0v) is 7.85. The molecule has 1 rings (SSSR count). The second-order valence-electron chi connectivity index (χ2n) is 2.41. The molecule has 0 bridgehead atoms. The molecule has 0 aliphatic heterocycles. The highest BCUT2D eigenvalue weighted by Crippen LogP contribution is 2.15. The van der Waals surface area contributed by atoms with Crippen LogP contribution in [-0.4, -0.2) is 5.21 Å². The predicted octanol–water partition coefficient (Wildman–Crippen LogP) is 2.24. The van der Waals surface area contributed by atoms with Crippen molar-refractivity contribution in [1.82, 2.24) is 5.48 Å². The van der Waals surface area contributed by atoms with Gasteiger partial charge >= 0.3 is 0 Å². The molecule has 0 fully saturated rings. The Kier molecular flexibility index (Phi) is 3.05. The maximum Gasteiger partial charge on any atom is 0.0461 e. The van der Waals surface area contributed by atoms with E-state index in [1.165, 1.54) is 5.56 Å². The van der Waals surface area contributed by atoms with Gasteiger partial charge in [-0.25, -0.2) is 5.48 Å². The molecule has 0 atom stereocenters. The number of rotatable bonds is 2. The SMILES string of the molecule is Cc1ccc(Br)cc1CNO. The monoisotopic (exact) mass is 215 g/mol. The topological polar surface area (TPSA) is 32.3 Å². The summed E-state index contributed by atoms with van der Waals surface area (Å²) in [4.78, 5) is 0. The molecular formula is C8H10BrNO. The Hall–Kier alpha value is -0.380. The first kappa shape index (κ1) is 8.71. The van der Waals surface area contributed by atoms with E-state index in [0.717, 1.165) is 10.0 Å². The largest absolute Gasteiger partial charge is 0.316 e. The van der Waals surface area contributed by atoms with Gasteiger partial charge in [-0.3, -0.25) is 0 Å². The minimum atomic E-state index is 0.491. The summed E-state index contributed by atoms with van der Waals surface area (Å²) in [6.45, 7) is 2.50. The van der Waals surface area contributed by atoms with Crippen molar-refractivity contribution < 1.29 is 5.21 Å². The molecule has 0 amide bonds. The van der Waals surface area contributed by atoms with Gasteiger partial charge in [-0.05, 0) is 30.2 Å². The summed E-state index contributed by atoms with van der Waals surface area (Å²) in [7, 11) is 0. The third kappa shape index (κ3) is 2.29. The van der Waals surface area contributed by atoms with Crippen LogP contribution in [-0.2, 0) is 6.54 Å². The van der Waals surface area contributed by atoms with Crippen LogP contribution in [0.15, 0.2) is 22.7 Å². The molecule has 0 aliphatic rings. The van der Waals surface area contributed by atoms with Gasteiger partial charge in [-0.15, -0.1) is 0 Å². The van der Waals surface area contributed by atoms with Gasteiger partial charge in [0.05, 0.1) is 0 Å². The van der Waals surface area contributed by atoms with Crippen LogP contribution in [0.25, 0.3) is 0 Å². The second-order valence-corrected chi connectivity index (χ2v) is 3.32. The number of hydroxylamine groups is 1. The number of aryl methyl sites for hydroxylation is 1. The van der Waals surface area contributed by atoms with E-state index in [9.17, 15) is 0 Å². The molecule has 0 radical (unpaired) electrons. The van der Waals surface area contributed by atoms with Crippen molar-refractivity contribution in [2.24, 2.45) is 0 Å². The molecule has 11 heavy (non-hydrogen) atoms. The summed E-state index contributed by atoms with van der Waals surface area (Å²) in [5, 5.41) is 8.47. The first-order chi connectivity index (χ1) is 5.24. The fourth-order valence-corrected chi connectivity index (χ4v) is 1.32. The predicted molar refractivity (Wildman–Crippen MR) is 47.5 cm³/mol. The summed E-state index contributed by atoms with van der Waals surface area (Å²) in [6, 6.07) is 5.98. The first-order valence-corrected chi connectivity index (χ1v) is 4.15. The minimum Gasteiger partial charge on any atom is -0.316 e. The normalized spacial score (nSPS) is 10.1. The van der Waals surface area contributed by atoms with Crippen LogP contribution >= 0.6 is 15.9 Å². The molecular weight excluding hydrogens is 206 g/mol. The highest BCUT2D eigenvalue weighted by molar-refractivity contribution is 9.10. The van der Waals surface area contributed by atoms with Gasteiger partial charge < -0.3 is 5.21 Å². The Labute approximate surface area is 74.3 Å². The standard InChI is InChI=1S/C8H10BrNO/c1-6-2-3-8(9)4-7(6)5-10-11/h2-4,10-11H,5H2,1H3. The van der Waals surface area contributed by atoms with Crippen LogP contribution in [0.4, 0.5) is 0 Å². The highest BCUT2D eigenvalue weighted by atomic mass is 79.9. The molecule has 3 heteroatoms. The average Bonchev–Trinajstić information content (AvgIpc) is 1.98. The van der Waals surface area contributed by atoms with Crippen molar-refractivity contribution in [2.45, 2.75) is 13.5 Å². The Bertz CT molecular complexity index is 250. The van der Waals surface area contributed by atoms with Gasteiger partial charge in [0, 0.05) is 11.0 Å². The quantitative estimate of drug-likeness (QED) is 0.743. The molecule has 0 unspecified atom stereocenters. The Morgan fingerprint density at radius 1 is 1.55 bits per heavy atom. The van der Waals surface area contributed by atoms with Crippen LogP contribution in [0.5, 0.6) is 0 Å². The summed E-state index contributed by atoms with van der Waals surface area (Å²) in [6.07, 6.45) is 0. The third-order valence-corrected chi connectivity index (χ3v) is 2.07. The van der Waals surface area contributed by atoms with Crippen LogP contribution in [0.2, 0.25) is 0 Å². The van der Waals surface area contributed by atoms with Gasteiger partial charge in [0.1, 0.15) is 0 Å². The number of halogens is 1. The molecule has 2 N–H and O–H groups in total. The minimum absolute atomic E-state index is 0.491. The van der Waals surface area contributed by atoms with Crippen LogP contribution in [0, 0.1) is 6.92 Å². The fourth-order valence-electron chi connectivity index (χ4n) is 0.916. The van der Waals surface area contributed by atoms with E-state index in [4.69, 9.17) is 5.21 Å². The lowest BCUT2D eigenvalue weighted by Gasteiger charge is -2.03. The molecule has 2 nitrogen and oxygen atoms in total. The third-order valence-electron chi connectivity index (χ3n) is 1.58. The van der Waals surface area contributed by atoms with E-state index in [2.05, 4.69) is 21.4 Å². The molecule has 0 saturated carbocycles. The van der Waals surface area contributed by atoms with Crippen molar-refractivity contribution in [3.8, 4) is 0 Å². The second kappa shape index (κ2) is 3.85. The van der Waals surface area contributed by atoms with E-state index in [0.29, 0.717) is 6.54 Å². The summed E-state index contributed by atoms with van der Waals surface area (Å²) in [5.74, 6) is 0. The van der Waals surface area contributed by atoms with Crippen LogP contribution in [0.1, 0.15) is 11.1 Å². The molecule has 0 spiro atoms. The molecule has 0 aliphatic carbocycles. The lowest BCUT2D eigenvalue weighted by molar-refractivity contribution is 0.161. The van der Waals surface area contributed by atoms with Crippen molar-refractivity contribution in [3.05, 3.63) is 33.8 Å². The summed E-state index contributed by atoms with van der Waals surface area (Å²) in [5.41, 5.74) is 4.41. The Morgan fingerprint density at radius 3 is 2.91 bits per heavy atom. The maximum atomic E-state index is 8.47. The molecule has 0 saturated heterocycles. The molecule has 1 aromatic rings. The highest BCUT2D eigenvalue weighted by Gasteiger charge is 1.96. The number of benzene rings is 1. The number of hydrogen-bond acceptors (Lipinski definition) is 2. The van der Waals surface area contributed by atoms with Gasteiger partial charge in [0.2, 0.25) is 0 Å². The van der Waals surface area contributed by atoms with Gasteiger partial charge in [-0.2, -0.15) is 0 Å². The molecule has 1 aromatic carbocycles.